The van der Waals surface area contributed by atoms with Gasteiger partial charge in [-0.1, -0.05) is 31.5 Å². The first-order chi connectivity index (χ1) is 17.8. The minimum Gasteiger partial charge on any atom is -0.611 e. The Labute approximate surface area is 222 Å². The molecule has 2 aliphatic heterocycles. The third-order valence-corrected chi connectivity index (χ3v) is 8.71. The maximum absolute atomic E-state index is 12.5. The number of nitrogens with two attached hydrogens (primary N) is 1. The van der Waals surface area contributed by atoms with Gasteiger partial charge in [-0.2, -0.15) is 0 Å². The van der Waals surface area contributed by atoms with Crippen molar-refractivity contribution in [2.75, 3.05) is 45.1 Å². The van der Waals surface area contributed by atoms with E-state index in [0.717, 1.165) is 34.4 Å². The molecule has 8 nitrogen and oxygen atoms in total. The molecule has 1 saturated heterocycles. The number of β-amino-alcohol motifs (C(OH)–C–C–N with tert-alkyl or cyclic N) is 1. The zero-order chi connectivity index (χ0) is 26.5. The number of amides is 1. The average molecular weight is 530 g/mol. The Morgan fingerprint density at radius 2 is 1.86 bits per heavy atom. The van der Waals surface area contributed by atoms with E-state index < -0.39 is 29.4 Å². The number of unbranched alkanes of at least 4 members (excludes halogenated alkanes) is 1. The molecular formula is C28H39N3O5S. The molecule has 0 bridgehead atoms. The Morgan fingerprint density at radius 1 is 1.16 bits per heavy atom. The molecule has 4 atom stereocenters. The second-order valence-electron chi connectivity index (χ2n) is 9.99. The molecule has 2 aromatic rings. The Kier molecular flexibility index (Phi) is 9.36. The van der Waals surface area contributed by atoms with Gasteiger partial charge in [0.1, 0.15) is 24.5 Å². The highest BCUT2D eigenvalue weighted by molar-refractivity contribution is 7.91. The van der Waals surface area contributed by atoms with Gasteiger partial charge in [-0.3, -0.25) is 14.6 Å². The number of piperazine rings is 1. The number of primary amides is 1. The summed E-state index contributed by atoms with van der Waals surface area (Å²) < 4.78 is 24.5. The molecule has 0 aliphatic carbocycles. The van der Waals surface area contributed by atoms with E-state index in [1.165, 1.54) is 0 Å². The number of rotatable bonds is 10. The minimum absolute atomic E-state index is 0.253. The van der Waals surface area contributed by atoms with E-state index in [0.29, 0.717) is 50.0 Å². The molecule has 4 rings (SSSR count). The van der Waals surface area contributed by atoms with Crippen LogP contribution in [0.2, 0.25) is 0 Å². The predicted octanol–water partition coefficient (Wildman–Crippen LogP) is 2.56. The normalized spacial score (nSPS) is 20.8. The quantitative estimate of drug-likeness (QED) is 0.455. The Hall–Kier alpha value is -2.30. The van der Waals surface area contributed by atoms with E-state index >= 15 is 0 Å². The number of hydrogen-bond acceptors (Lipinski definition) is 7. The number of aliphatic hydroxyl groups excluding tert-OH is 1. The van der Waals surface area contributed by atoms with Gasteiger partial charge in [0.2, 0.25) is 5.91 Å². The molecule has 37 heavy (non-hydrogen) atoms. The van der Waals surface area contributed by atoms with E-state index in [1.54, 1.807) is 12.1 Å². The number of benzene rings is 2. The molecule has 0 aromatic heterocycles. The maximum atomic E-state index is 12.5. The molecule has 4 unspecified atom stereocenters. The van der Waals surface area contributed by atoms with Crippen LogP contribution in [0.4, 0.5) is 0 Å². The molecule has 3 N–H and O–H groups in total. The highest BCUT2D eigenvalue weighted by Crippen LogP contribution is 2.35. The van der Waals surface area contributed by atoms with Gasteiger partial charge in [-0.05, 0) is 60.3 Å². The van der Waals surface area contributed by atoms with E-state index in [9.17, 15) is 14.5 Å². The summed E-state index contributed by atoms with van der Waals surface area (Å²) in [6.07, 6.45) is 0.630. The monoisotopic (exact) mass is 529 g/mol. The first-order valence-electron chi connectivity index (χ1n) is 13.1. The van der Waals surface area contributed by atoms with Crippen LogP contribution in [0.25, 0.3) is 0 Å². The van der Waals surface area contributed by atoms with Gasteiger partial charge in [-0.15, -0.1) is 0 Å². The van der Waals surface area contributed by atoms with Gasteiger partial charge in [0, 0.05) is 38.8 Å². The SMILES string of the molecule is CCCC[S+]([O-])c1ccc2c(c1)OC(C(O)CN1CCN(C(C(N)=O)c3c(C)cccc3C)CC1)CO2. The molecule has 202 valence electrons. The van der Waals surface area contributed by atoms with Crippen LogP contribution in [0, 0.1) is 13.8 Å². The van der Waals surface area contributed by atoms with Crippen LogP contribution in [-0.2, 0) is 16.0 Å². The van der Waals surface area contributed by atoms with Crippen LogP contribution in [0.1, 0.15) is 42.5 Å². The molecule has 0 radical (unpaired) electrons. The summed E-state index contributed by atoms with van der Waals surface area (Å²) >= 11 is -1.08. The van der Waals surface area contributed by atoms with E-state index in [1.807, 2.05) is 38.1 Å². The second kappa shape index (κ2) is 12.5. The van der Waals surface area contributed by atoms with Crippen LogP contribution >= 0.6 is 0 Å². The van der Waals surface area contributed by atoms with Gasteiger partial charge >= 0.3 is 0 Å². The lowest BCUT2D eigenvalue weighted by atomic mass is 9.94. The summed E-state index contributed by atoms with van der Waals surface area (Å²) in [6.45, 7) is 9.55. The first kappa shape index (κ1) is 27.7. The van der Waals surface area contributed by atoms with E-state index in [-0.39, 0.29) is 12.5 Å². The summed E-state index contributed by atoms with van der Waals surface area (Å²) in [5, 5.41) is 11.0. The van der Waals surface area contributed by atoms with Crippen molar-refractivity contribution in [1.82, 2.24) is 9.80 Å². The van der Waals surface area contributed by atoms with Crippen molar-refractivity contribution in [3.8, 4) is 11.5 Å². The Balaban J connectivity index is 1.34. The van der Waals surface area contributed by atoms with Gasteiger partial charge < -0.3 is 24.9 Å². The van der Waals surface area contributed by atoms with Crippen LogP contribution in [0.15, 0.2) is 41.3 Å². The molecule has 0 saturated carbocycles. The smallest absolute Gasteiger partial charge is 0.239 e. The van der Waals surface area contributed by atoms with Gasteiger partial charge in [0.25, 0.3) is 0 Å². The zero-order valence-electron chi connectivity index (χ0n) is 22.0. The average Bonchev–Trinajstić information content (AvgIpc) is 2.89. The summed E-state index contributed by atoms with van der Waals surface area (Å²) in [6, 6.07) is 11.0. The van der Waals surface area contributed by atoms with E-state index in [4.69, 9.17) is 15.2 Å². The fraction of sp³-hybridized carbons (Fsp3) is 0.536. The highest BCUT2D eigenvalue weighted by atomic mass is 32.2. The Bertz CT molecular complexity index is 1060. The van der Waals surface area contributed by atoms with Crippen molar-refractivity contribution < 1.29 is 23.9 Å². The molecular weight excluding hydrogens is 490 g/mol. The van der Waals surface area contributed by atoms with Crippen molar-refractivity contribution >= 4 is 17.1 Å². The lowest BCUT2D eigenvalue weighted by Gasteiger charge is -2.40. The minimum atomic E-state index is -1.08. The van der Waals surface area contributed by atoms with Gasteiger partial charge in [0.05, 0.1) is 0 Å². The fourth-order valence-corrected chi connectivity index (χ4v) is 6.39. The van der Waals surface area contributed by atoms with Crippen molar-refractivity contribution in [2.24, 2.45) is 5.73 Å². The Morgan fingerprint density at radius 3 is 2.51 bits per heavy atom. The number of hydrogen-bond donors (Lipinski definition) is 2. The second-order valence-corrected chi connectivity index (χ2v) is 11.6. The predicted molar refractivity (Wildman–Crippen MR) is 144 cm³/mol. The number of carbonyl (C=O) groups is 1. The van der Waals surface area contributed by atoms with Crippen LogP contribution in [-0.4, -0.2) is 82.7 Å². The van der Waals surface area contributed by atoms with Crippen molar-refractivity contribution in [1.29, 1.82) is 0 Å². The zero-order valence-corrected chi connectivity index (χ0v) is 22.8. The molecule has 9 heteroatoms. The van der Waals surface area contributed by atoms with Gasteiger partial charge in [0.15, 0.2) is 22.5 Å². The van der Waals surface area contributed by atoms with Crippen LogP contribution < -0.4 is 15.2 Å². The standard InChI is InChI=1S/C28H39N3O5S/c1-4-5-15-37(34)21-9-10-23-24(16-21)36-25(18-35-23)22(32)17-30-11-13-31(14-12-30)27(28(29)33)26-19(2)7-6-8-20(26)3/h6-10,16,22,25,27,32H,4-5,11-15,17-18H2,1-3H3,(H2,29,33). The van der Waals surface area contributed by atoms with E-state index in [2.05, 4.69) is 16.7 Å². The lowest BCUT2D eigenvalue weighted by molar-refractivity contribution is -0.124. The number of aliphatic hydroxyl groups is 1. The van der Waals surface area contributed by atoms with Crippen molar-refractivity contribution in [3.63, 3.8) is 0 Å². The van der Waals surface area contributed by atoms with Gasteiger partial charge in [-0.25, -0.2) is 0 Å². The number of aryl methyl sites for hydroxylation is 2. The molecule has 0 spiro atoms. The number of carbonyl (C=O) groups excluding carboxylic acids is 1. The third-order valence-electron chi connectivity index (χ3n) is 7.27. The maximum Gasteiger partial charge on any atom is 0.239 e. The molecule has 2 aliphatic rings. The van der Waals surface area contributed by atoms with Crippen LogP contribution in [0.5, 0.6) is 11.5 Å². The molecule has 1 amide bonds. The van der Waals surface area contributed by atoms with Crippen LogP contribution in [0.3, 0.4) is 0 Å². The summed E-state index contributed by atoms with van der Waals surface area (Å²) in [7, 11) is 0. The summed E-state index contributed by atoms with van der Waals surface area (Å²) in [5.74, 6) is 1.42. The number of ether oxygens (including phenoxy) is 2. The fourth-order valence-electron chi connectivity index (χ4n) is 5.14. The number of fused-ring (bicyclic) bond motifs is 1. The molecule has 2 aromatic carbocycles. The summed E-state index contributed by atoms with van der Waals surface area (Å²) in [5.41, 5.74) is 8.98. The topological polar surface area (TPSA) is 111 Å². The summed E-state index contributed by atoms with van der Waals surface area (Å²) in [4.78, 5) is 17.5. The molecule has 2 heterocycles. The lowest BCUT2D eigenvalue weighted by Crippen LogP contribution is -2.54. The van der Waals surface area contributed by atoms with Crippen molar-refractivity contribution in [2.45, 2.75) is 56.8 Å². The molecule has 1 fully saturated rings. The van der Waals surface area contributed by atoms with Crippen molar-refractivity contribution in [3.05, 3.63) is 53.1 Å². The highest BCUT2D eigenvalue weighted by Gasteiger charge is 2.34. The third kappa shape index (κ3) is 6.59. The number of nitrogens with zero attached hydrogens (tertiary/aromatic N) is 2. The first-order valence-corrected chi connectivity index (χ1v) is 14.4. The largest absolute Gasteiger partial charge is 0.611 e.